The predicted octanol–water partition coefficient (Wildman–Crippen LogP) is 4.39. The molecule has 0 amide bonds. The van der Waals surface area contributed by atoms with Crippen LogP contribution in [0.4, 0.5) is 13.2 Å². The summed E-state index contributed by atoms with van der Waals surface area (Å²) < 4.78 is 64.8. The molecule has 0 unspecified atom stereocenters. The van der Waals surface area contributed by atoms with E-state index in [0.29, 0.717) is 21.5 Å². The number of pyridine rings is 1. The van der Waals surface area contributed by atoms with Crippen LogP contribution in [0.15, 0.2) is 59.6 Å². The van der Waals surface area contributed by atoms with Crippen LogP contribution in [0.1, 0.15) is 11.1 Å². The zero-order valence-corrected chi connectivity index (χ0v) is 14.7. The van der Waals surface area contributed by atoms with Gasteiger partial charge in [-0.3, -0.25) is 4.98 Å². The van der Waals surface area contributed by atoms with E-state index in [1.54, 1.807) is 30.5 Å². The number of sulfonamides is 1. The first-order valence-corrected chi connectivity index (χ1v) is 9.23. The Morgan fingerprint density at radius 2 is 1.73 bits per heavy atom. The molecule has 0 radical (unpaired) electrons. The fourth-order valence-electron chi connectivity index (χ4n) is 2.42. The summed E-state index contributed by atoms with van der Waals surface area (Å²) in [7, 11) is -3.98. The Morgan fingerprint density at radius 3 is 2.38 bits per heavy atom. The van der Waals surface area contributed by atoms with Crippen LogP contribution in [0.25, 0.3) is 10.9 Å². The maximum Gasteiger partial charge on any atom is 0.416 e. The number of aromatic nitrogens is 1. The van der Waals surface area contributed by atoms with E-state index in [4.69, 9.17) is 11.6 Å². The molecule has 0 aliphatic heterocycles. The van der Waals surface area contributed by atoms with Crippen LogP contribution in [-0.2, 0) is 22.7 Å². The molecule has 0 saturated carbocycles. The lowest BCUT2D eigenvalue weighted by molar-refractivity contribution is -0.137. The second-order valence-corrected chi connectivity index (χ2v) is 7.63. The summed E-state index contributed by atoms with van der Waals surface area (Å²) in [6, 6.07) is 10.1. The first kappa shape index (κ1) is 18.6. The normalized spacial score (nSPS) is 12.5. The number of fused-ring (bicyclic) bond motifs is 1. The van der Waals surface area contributed by atoms with Gasteiger partial charge in [0.05, 0.1) is 16.0 Å². The largest absolute Gasteiger partial charge is 0.416 e. The zero-order valence-electron chi connectivity index (χ0n) is 13.1. The molecule has 136 valence electrons. The summed E-state index contributed by atoms with van der Waals surface area (Å²) in [6.45, 7) is -0.0754. The van der Waals surface area contributed by atoms with Crippen LogP contribution in [0.2, 0.25) is 5.02 Å². The Hall–Kier alpha value is -2.16. The summed E-state index contributed by atoms with van der Waals surface area (Å²) in [5.41, 5.74) is 0.236. The highest BCUT2D eigenvalue weighted by atomic mass is 35.5. The van der Waals surface area contributed by atoms with Gasteiger partial charge in [0.2, 0.25) is 10.0 Å². The molecule has 0 spiro atoms. The molecule has 0 aliphatic rings. The number of benzene rings is 2. The Morgan fingerprint density at radius 1 is 1.04 bits per heavy atom. The van der Waals surface area contributed by atoms with Crippen molar-refractivity contribution in [1.29, 1.82) is 0 Å². The lowest BCUT2D eigenvalue weighted by Gasteiger charge is -2.11. The van der Waals surface area contributed by atoms with Crippen LogP contribution in [0, 0.1) is 0 Å². The van der Waals surface area contributed by atoms with E-state index < -0.39 is 21.8 Å². The summed E-state index contributed by atoms with van der Waals surface area (Å²) in [5.74, 6) is 0. The predicted molar refractivity (Wildman–Crippen MR) is 92.2 cm³/mol. The van der Waals surface area contributed by atoms with Gasteiger partial charge in [-0.15, -0.1) is 0 Å². The Kier molecular flexibility index (Phi) is 4.92. The number of nitrogens with one attached hydrogen (secondary N) is 1. The van der Waals surface area contributed by atoms with E-state index in [0.717, 1.165) is 24.3 Å². The molecule has 26 heavy (non-hydrogen) atoms. The Bertz CT molecular complexity index is 1050. The van der Waals surface area contributed by atoms with Gasteiger partial charge in [0.15, 0.2) is 0 Å². The summed E-state index contributed by atoms with van der Waals surface area (Å²) in [6.07, 6.45) is -2.96. The number of rotatable bonds is 4. The van der Waals surface area contributed by atoms with E-state index in [2.05, 4.69) is 9.71 Å². The smallest absolute Gasteiger partial charge is 0.256 e. The molecule has 0 fully saturated rings. The number of alkyl halides is 3. The highest BCUT2D eigenvalue weighted by Gasteiger charge is 2.30. The topological polar surface area (TPSA) is 59.1 Å². The van der Waals surface area contributed by atoms with Crippen molar-refractivity contribution in [1.82, 2.24) is 9.71 Å². The van der Waals surface area contributed by atoms with E-state index >= 15 is 0 Å². The van der Waals surface area contributed by atoms with Gasteiger partial charge >= 0.3 is 6.18 Å². The van der Waals surface area contributed by atoms with Gasteiger partial charge in [0.1, 0.15) is 0 Å². The second kappa shape index (κ2) is 6.86. The highest BCUT2D eigenvalue weighted by Crippen LogP contribution is 2.30. The lowest BCUT2D eigenvalue weighted by Crippen LogP contribution is -2.23. The summed E-state index contributed by atoms with van der Waals surface area (Å²) in [5, 5.41) is 1.17. The molecular weight excluding hydrogens is 389 g/mol. The van der Waals surface area contributed by atoms with Crippen molar-refractivity contribution in [3.05, 3.63) is 70.9 Å². The molecule has 1 N–H and O–H groups in total. The van der Waals surface area contributed by atoms with Crippen LogP contribution in [0.3, 0.4) is 0 Å². The quantitative estimate of drug-likeness (QED) is 0.706. The van der Waals surface area contributed by atoms with Crippen molar-refractivity contribution in [3.63, 3.8) is 0 Å². The van der Waals surface area contributed by atoms with Crippen LogP contribution < -0.4 is 4.72 Å². The molecule has 1 heterocycles. The summed E-state index contributed by atoms with van der Waals surface area (Å²) in [4.78, 5) is 3.96. The molecule has 3 aromatic rings. The van der Waals surface area contributed by atoms with Crippen LogP contribution in [-0.4, -0.2) is 13.4 Å². The lowest BCUT2D eigenvalue weighted by atomic mass is 10.1. The average Bonchev–Trinajstić information content (AvgIpc) is 2.61. The number of nitrogens with zero attached hydrogens (tertiary/aromatic N) is 1. The van der Waals surface area contributed by atoms with Crippen molar-refractivity contribution in [2.24, 2.45) is 0 Å². The Labute approximate surface area is 152 Å². The third-order valence-electron chi connectivity index (χ3n) is 3.74. The first-order valence-electron chi connectivity index (χ1n) is 7.37. The first-order chi connectivity index (χ1) is 12.2. The van der Waals surface area contributed by atoms with Crippen molar-refractivity contribution in [2.75, 3.05) is 0 Å². The number of halogens is 4. The minimum absolute atomic E-state index is 0.0754. The number of hydrogen-bond donors (Lipinski definition) is 1. The third-order valence-corrected chi connectivity index (χ3v) is 5.49. The molecule has 0 saturated heterocycles. The fraction of sp³-hybridized carbons (Fsp3) is 0.118. The fourth-order valence-corrected chi connectivity index (χ4v) is 3.64. The van der Waals surface area contributed by atoms with Crippen LogP contribution >= 0.6 is 11.6 Å². The van der Waals surface area contributed by atoms with Gasteiger partial charge in [-0.2, -0.15) is 13.2 Å². The average molecular weight is 401 g/mol. The van der Waals surface area contributed by atoms with E-state index in [1.807, 2.05) is 0 Å². The molecule has 4 nitrogen and oxygen atoms in total. The highest BCUT2D eigenvalue weighted by molar-refractivity contribution is 7.89. The van der Waals surface area contributed by atoms with E-state index in [1.165, 1.54) is 0 Å². The van der Waals surface area contributed by atoms with Crippen LogP contribution in [0.5, 0.6) is 0 Å². The van der Waals surface area contributed by atoms with Gasteiger partial charge in [-0.25, -0.2) is 13.1 Å². The SMILES string of the molecule is O=S(=O)(NCc1ccc(Cl)c2cccnc12)c1ccc(C(F)(F)F)cc1. The maximum absolute atomic E-state index is 12.6. The molecule has 2 aromatic carbocycles. The summed E-state index contributed by atoms with van der Waals surface area (Å²) >= 11 is 6.10. The molecular formula is C17H12ClF3N2O2S. The van der Waals surface area contributed by atoms with Gasteiger partial charge in [0, 0.05) is 23.2 Å². The van der Waals surface area contributed by atoms with Gasteiger partial charge < -0.3 is 0 Å². The minimum Gasteiger partial charge on any atom is -0.256 e. The minimum atomic E-state index is -4.52. The molecule has 0 atom stereocenters. The Balaban J connectivity index is 1.84. The maximum atomic E-state index is 12.6. The molecule has 0 aliphatic carbocycles. The van der Waals surface area contributed by atoms with Gasteiger partial charge in [-0.05, 0) is 48.0 Å². The van der Waals surface area contributed by atoms with Crippen molar-refractivity contribution >= 4 is 32.5 Å². The standard InChI is InChI=1S/C17H12ClF3N2O2S/c18-15-8-3-11(16-14(15)2-1-9-22-16)10-23-26(24,25)13-6-4-12(5-7-13)17(19,20)21/h1-9,23H,10H2. The number of hydrogen-bond acceptors (Lipinski definition) is 3. The van der Waals surface area contributed by atoms with Gasteiger partial charge in [-0.1, -0.05) is 17.7 Å². The van der Waals surface area contributed by atoms with E-state index in [9.17, 15) is 21.6 Å². The van der Waals surface area contributed by atoms with Crippen molar-refractivity contribution in [3.8, 4) is 0 Å². The second-order valence-electron chi connectivity index (χ2n) is 5.45. The van der Waals surface area contributed by atoms with Crippen molar-refractivity contribution < 1.29 is 21.6 Å². The zero-order chi connectivity index (χ0) is 18.9. The van der Waals surface area contributed by atoms with E-state index in [-0.39, 0.29) is 11.4 Å². The monoisotopic (exact) mass is 400 g/mol. The molecule has 9 heteroatoms. The van der Waals surface area contributed by atoms with Gasteiger partial charge in [0.25, 0.3) is 0 Å². The third kappa shape index (κ3) is 3.82. The van der Waals surface area contributed by atoms with Crippen molar-refractivity contribution in [2.45, 2.75) is 17.6 Å². The molecule has 1 aromatic heterocycles. The molecule has 3 rings (SSSR count). The molecule has 0 bridgehead atoms.